The quantitative estimate of drug-likeness (QED) is 0.628. The molecular weight excluding hydrogens is 374 g/mol. The lowest BCUT2D eigenvalue weighted by atomic mass is 10.2. The number of rotatable bonds is 8. The van der Waals surface area contributed by atoms with Crippen molar-refractivity contribution >= 4 is 32.5 Å². The Labute approximate surface area is 165 Å². The van der Waals surface area contributed by atoms with Crippen molar-refractivity contribution in [1.82, 2.24) is 8.87 Å². The number of hydrogen-bond donors (Lipinski definition) is 1. The smallest absolute Gasteiger partial charge is 0.243 e. The third-order valence-corrected chi connectivity index (χ3v) is 6.81. The molecule has 0 aliphatic carbocycles. The highest BCUT2D eigenvalue weighted by molar-refractivity contribution is 7.89. The molecule has 0 radical (unpaired) electrons. The lowest BCUT2D eigenvalue weighted by Gasteiger charge is -2.18. The molecule has 0 saturated heterocycles. The van der Waals surface area contributed by atoms with Gasteiger partial charge in [-0.05, 0) is 41.8 Å². The maximum absolute atomic E-state index is 12.5. The summed E-state index contributed by atoms with van der Waals surface area (Å²) >= 11 is 0. The highest BCUT2D eigenvalue weighted by Gasteiger charge is 2.21. The number of amides is 1. The highest BCUT2D eigenvalue weighted by Crippen LogP contribution is 2.19. The number of para-hydroxylation sites is 1. The minimum atomic E-state index is -3.49. The third kappa shape index (κ3) is 4.26. The van der Waals surface area contributed by atoms with Crippen LogP contribution in [0.3, 0.4) is 0 Å². The maximum Gasteiger partial charge on any atom is 0.243 e. The molecule has 1 amide bonds. The van der Waals surface area contributed by atoms with E-state index in [4.69, 9.17) is 0 Å². The molecule has 28 heavy (non-hydrogen) atoms. The van der Waals surface area contributed by atoms with Gasteiger partial charge in [0.05, 0.1) is 4.90 Å². The Balaban J connectivity index is 1.61. The average molecular weight is 400 g/mol. The summed E-state index contributed by atoms with van der Waals surface area (Å²) in [6, 6.07) is 16.4. The summed E-state index contributed by atoms with van der Waals surface area (Å²) in [5.41, 5.74) is 1.68. The molecule has 2 aromatic carbocycles. The van der Waals surface area contributed by atoms with Crippen LogP contribution in [0.1, 0.15) is 20.3 Å². The van der Waals surface area contributed by atoms with Crippen molar-refractivity contribution in [2.75, 3.05) is 18.4 Å². The van der Waals surface area contributed by atoms with E-state index < -0.39 is 10.0 Å². The number of nitrogens with one attached hydrogen (secondary N) is 1. The summed E-state index contributed by atoms with van der Waals surface area (Å²) in [6.07, 6.45) is 2.31. The summed E-state index contributed by atoms with van der Waals surface area (Å²) in [7, 11) is -3.49. The molecule has 0 bridgehead atoms. The van der Waals surface area contributed by atoms with Crippen molar-refractivity contribution in [3.05, 3.63) is 60.8 Å². The molecule has 0 aliphatic rings. The maximum atomic E-state index is 12.5. The number of carbonyl (C=O) groups excluding carboxylic acids is 1. The van der Waals surface area contributed by atoms with Gasteiger partial charge in [0.25, 0.3) is 0 Å². The van der Waals surface area contributed by atoms with Crippen molar-refractivity contribution in [3.63, 3.8) is 0 Å². The van der Waals surface area contributed by atoms with Crippen LogP contribution in [0.25, 0.3) is 10.9 Å². The number of fused-ring (bicyclic) bond motifs is 1. The number of aromatic nitrogens is 1. The Bertz CT molecular complexity index is 1050. The van der Waals surface area contributed by atoms with Gasteiger partial charge >= 0.3 is 0 Å². The molecule has 0 fully saturated rings. The van der Waals surface area contributed by atoms with Crippen molar-refractivity contribution in [1.29, 1.82) is 0 Å². The van der Waals surface area contributed by atoms with Crippen LogP contribution in [0.5, 0.6) is 0 Å². The zero-order valence-electron chi connectivity index (χ0n) is 16.1. The van der Waals surface area contributed by atoms with Gasteiger partial charge < -0.3 is 9.88 Å². The van der Waals surface area contributed by atoms with Crippen LogP contribution < -0.4 is 5.32 Å². The first-order valence-corrected chi connectivity index (χ1v) is 10.8. The summed E-state index contributed by atoms with van der Waals surface area (Å²) in [5.74, 6) is -0.114. The van der Waals surface area contributed by atoms with Crippen molar-refractivity contribution < 1.29 is 13.2 Å². The highest BCUT2D eigenvalue weighted by atomic mass is 32.2. The molecule has 3 aromatic rings. The molecule has 3 rings (SSSR count). The number of aryl methyl sites for hydroxylation is 1. The number of sulfonamides is 1. The minimum absolute atomic E-state index is 0.114. The Hall–Kier alpha value is -2.64. The molecule has 0 unspecified atom stereocenters. The fourth-order valence-electron chi connectivity index (χ4n) is 3.20. The topological polar surface area (TPSA) is 71.4 Å². The molecular formula is C21H25N3O3S. The Kier molecular flexibility index (Phi) is 6.16. The van der Waals surface area contributed by atoms with Crippen LogP contribution in [-0.2, 0) is 21.4 Å². The van der Waals surface area contributed by atoms with Crippen LogP contribution in [-0.4, -0.2) is 36.3 Å². The van der Waals surface area contributed by atoms with E-state index in [1.807, 2.05) is 50.4 Å². The Morgan fingerprint density at radius 2 is 1.68 bits per heavy atom. The third-order valence-electron chi connectivity index (χ3n) is 4.74. The molecule has 1 aromatic heterocycles. The lowest BCUT2D eigenvalue weighted by Crippen LogP contribution is -2.30. The Morgan fingerprint density at radius 1 is 1.00 bits per heavy atom. The predicted molar refractivity (Wildman–Crippen MR) is 112 cm³/mol. The molecule has 0 saturated carbocycles. The second-order valence-corrected chi connectivity index (χ2v) is 8.42. The molecule has 0 spiro atoms. The fraction of sp³-hybridized carbons (Fsp3) is 0.286. The SMILES string of the molecule is CCN(CC)S(=O)(=O)c1ccc(NC(=O)CCn2ccc3ccccc32)cc1. The standard InChI is InChI=1S/C21H25N3O3S/c1-3-24(4-2)28(26,27)19-11-9-18(10-12-19)22-21(25)14-16-23-15-13-17-7-5-6-8-20(17)23/h5-13,15H,3-4,14,16H2,1-2H3,(H,22,25). The van der Waals surface area contributed by atoms with Gasteiger partial charge in [-0.3, -0.25) is 4.79 Å². The number of benzene rings is 2. The van der Waals surface area contributed by atoms with E-state index in [0.717, 1.165) is 10.9 Å². The molecule has 6 nitrogen and oxygen atoms in total. The van der Waals surface area contributed by atoms with Gasteiger partial charge in [-0.15, -0.1) is 0 Å². The van der Waals surface area contributed by atoms with Crippen LogP contribution in [0.2, 0.25) is 0 Å². The lowest BCUT2D eigenvalue weighted by molar-refractivity contribution is -0.116. The first kappa shape index (κ1) is 20.1. The monoisotopic (exact) mass is 399 g/mol. The molecule has 0 atom stereocenters. The molecule has 1 N–H and O–H groups in total. The molecule has 0 aliphatic heterocycles. The average Bonchev–Trinajstić information content (AvgIpc) is 3.11. The summed E-state index contributed by atoms with van der Waals surface area (Å²) in [5, 5.41) is 3.97. The van der Waals surface area contributed by atoms with Crippen molar-refractivity contribution in [3.8, 4) is 0 Å². The van der Waals surface area contributed by atoms with Crippen molar-refractivity contribution in [2.24, 2.45) is 0 Å². The number of carbonyl (C=O) groups is 1. The zero-order valence-corrected chi connectivity index (χ0v) is 16.9. The van der Waals surface area contributed by atoms with E-state index in [1.54, 1.807) is 12.1 Å². The second-order valence-electron chi connectivity index (χ2n) is 6.48. The van der Waals surface area contributed by atoms with Gasteiger partial charge in [0.2, 0.25) is 15.9 Å². The van der Waals surface area contributed by atoms with Gasteiger partial charge in [0.15, 0.2) is 0 Å². The number of anilines is 1. The predicted octanol–water partition coefficient (Wildman–Crippen LogP) is 3.70. The van der Waals surface area contributed by atoms with E-state index in [9.17, 15) is 13.2 Å². The largest absolute Gasteiger partial charge is 0.347 e. The van der Waals surface area contributed by atoms with Gasteiger partial charge in [0, 0.05) is 43.5 Å². The van der Waals surface area contributed by atoms with Crippen LogP contribution in [0.4, 0.5) is 5.69 Å². The number of hydrogen-bond acceptors (Lipinski definition) is 3. The van der Waals surface area contributed by atoms with E-state index in [2.05, 4.69) is 9.88 Å². The fourth-order valence-corrected chi connectivity index (χ4v) is 4.66. The van der Waals surface area contributed by atoms with Crippen LogP contribution >= 0.6 is 0 Å². The summed E-state index contributed by atoms with van der Waals surface area (Å²) < 4.78 is 28.5. The van der Waals surface area contributed by atoms with Crippen molar-refractivity contribution in [2.45, 2.75) is 31.7 Å². The van der Waals surface area contributed by atoms with E-state index in [0.29, 0.717) is 31.7 Å². The summed E-state index contributed by atoms with van der Waals surface area (Å²) in [6.45, 7) is 5.04. The van der Waals surface area contributed by atoms with Crippen LogP contribution in [0.15, 0.2) is 65.7 Å². The Morgan fingerprint density at radius 3 is 2.36 bits per heavy atom. The van der Waals surface area contributed by atoms with Gasteiger partial charge in [-0.1, -0.05) is 32.0 Å². The van der Waals surface area contributed by atoms with Gasteiger partial charge in [-0.2, -0.15) is 4.31 Å². The van der Waals surface area contributed by atoms with Gasteiger partial charge in [0.1, 0.15) is 0 Å². The number of nitrogens with zero attached hydrogens (tertiary/aromatic N) is 2. The van der Waals surface area contributed by atoms with E-state index in [1.165, 1.54) is 16.4 Å². The first-order chi connectivity index (χ1) is 13.5. The summed E-state index contributed by atoms with van der Waals surface area (Å²) in [4.78, 5) is 12.5. The molecule has 1 heterocycles. The van der Waals surface area contributed by atoms with Gasteiger partial charge in [-0.25, -0.2) is 8.42 Å². The van der Waals surface area contributed by atoms with Crippen LogP contribution in [0, 0.1) is 0 Å². The normalized spacial score (nSPS) is 11.8. The zero-order chi connectivity index (χ0) is 20.1. The second kappa shape index (κ2) is 8.58. The minimum Gasteiger partial charge on any atom is -0.347 e. The molecule has 148 valence electrons. The van der Waals surface area contributed by atoms with E-state index >= 15 is 0 Å². The first-order valence-electron chi connectivity index (χ1n) is 9.39. The molecule has 7 heteroatoms. The van der Waals surface area contributed by atoms with E-state index in [-0.39, 0.29) is 10.8 Å².